The molecule has 57 heavy (non-hydrogen) atoms. The van der Waals surface area contributed by atoms with Gasteiger partial charge in [0.05, 0.1) is 11.0 Å². The summed E-state index contributed by atoms with van der Waals surface area (Å²) in [5.41, 5.74) is 14.0. The topological polar surface area (TPSA) is 43.6 Å². The van der Waals surface area contributed by atoms with Crippen LogP contribution in [0, 0.1) is 0 Å². The van der Waals surface area contributed by atoms with Crippen LogP contribution in [0.1, 0.15) is 11.1 Å². The first-order valence-electron chi connectivity index (χ1n) is 19.3. The van der Waals surface area contributed by atoms with Gasteiger partial charge in [0.1, 0.15) is 0 Å². The van der Waals surface area contributed by atoms with Gasteiger partial charge in [-0.15, -0.1) is 11.3 Å². The lowest BCUT2D eigenvalue weighted by Crippen LogP contribution is -2.00. The van der Waals surface area contributed by atoms with E-state index in [0.29, 0.717) is 17.5 Å². The van der Waals surface area contributed by atoms with E-state index in [-0.39, 0.29) is 0 Å². The zero-order valence-corrected chi connectivity index (χ0v) is 31.5. The zero-order chi connectivity index (χ0) is 37.5. The van der Waals surface area contributed by atoms with E-state index in [2.05, 4.69) is 150 Å². The molecule has 12 rings (SSSR count). The molecule has 5 heteroatoms. The van der Waals surface area contributed by atoms with E-state index in [4.69, 9.17) is 15.0 Å². The van der Waals surface area contributed by atoms with Crippen molar-refractivity contribution in [3.63, 3.8) is 0 Å². The standard InChI is InChI=1S/C52H32N4S/c1-3-11-32(12-4-1)50-53-51(33-13-5-2-6-14-33)55-52(54-50)38-20-19-36-27-37-21-24-39(31-43(37)42(36)30-38)56-46-17-9-7-15-40(46)44-28-34(22-25-47(44)56)35-23-26-49-45(29-35)41-16-8-10-18-48(41)57-49/h1-26,28-31H,27H2. The Balaban J connectivity index is 0.972. The number of para-hydroxylation sites is 1. The smallest absolute Gasteiger partial charge is 0.164 e. The van der Waals surface area contributed by atoms with E-state index in [1.165, 1.54) is 75.4 Å². The van der Waals surface area contributed by atoms with Gasteiger partial charge >= 0.3 is 0 Å². The molecule has 11 aromatic rings. The number of thiophene rings is 1. The lowest BCUT2D eigenvalue weighted by atomic mass is 10.0. The average molecular weight is 745 g/mol. The maximum atomic E-state index is 5.04. The highest BCUT2D eigenvalue weighted by Gasteiger charge is 2.23. The molecule has 8 aromatic carbocycles. The second kappa shape index (κ2) is 12.7. The molecular weight excluding hydrogens is 713 g/mol. The summed E-state index contributed by atoms with van der Waals surface area (Å²) in [7, 11) is 0. The Kier molecular flexibility index (Phi) is 7.13. The number of fused-ring (bicyclic) bond motifs is 9. The van der Waals surface area contributed by atoms with Crippen molar-refractivity contribution in [3.8, 4) is 62.1 Å². The maximum absolute atomic E-state index is 5.04. The number of rotatable bonds is 5. The van der Waals surface area contributed by atoms with Crippen molar-refractivity contribution < 1.29 is 0 Å². The molecule has 1 aliphatic rings. The highest BCUT2D eigenvalue weighted by atomic mass is 32.1. The fourth-order valence-corrected chi connectivity index (χ4v) is 9.79. The predicted octanol–water partition coefficient (Wildman–Crippen LogP) is 13.6. The molecule has 0 amide bonds. The first-order chi connectivity index (χ1) is 28.2. The second-order valence-electron chi connectivity index (χ2n) is 14.8. The molecule has 0 aliphatic heterocycles. The van der Waals surface area contributed by atoms with Gasteiger partial charge in [0.15, 0.2) is 17.5 Å². The molecule has 0 fully saturated rings. The van der Waals surface area contributed by atoms with Gasteiger partial charge in [-0.2, -0.15) is 0 Å². The lowest BCUT2D eigenvalue weighted by Gasteiger charge is -2.12. The van der Waals surface area contributed by atoms with Crippen LogP contribution in [0.2, 0.25) is 0 Å². The van der Waals surface area contributed by atoms with E-state index in [1.54, 1.807) is 0 Å². The largest absolute Gasteiger partial charge is 0.309 e. The van der Waals surface area contributed by atoms with Crippen LogP contribution in [-0.2, 0) is 6.42 Å². The number of aromatic nitrogens is 4. The minimum absolute atomic E-state index is 0.665. The van der Waals surface area contributed by atoms with Gasteiger partial charge in [0.2, 0.25) is 0 Å². The van der Waals surface area contributed by atoms with E-state index in [9.17, 15) is 0 Å². The molecule has 0 bridgehead atoms. The SMILES string of the molecule is c1ccc(-c2nc(-c3ccccc3)nc(-c3ccc4c(c3)-c3cc(-n5c6ccccc6c6cc(-c7ccc8sc9ccccc9c8c7)ccc65)ccc3C4)n2)cc1. The third-order valence-corrected chi connectivity index (χ3v) is 12.6. The highest BCUT2D eigenvalue weighted by Crippen LogP contribution is 2.43. The van der Waals surface area contributed by atoms with Gasteiger partial charge in [-0.05, 0) is 94.4 Å². The van der Waals surface area contributed by atoms with E-state index in [0.717, 1.165) is 28.8 Å². The van der Waals surface area contributed by atoms with Crippen molar-refractivity contribution in [1.29, 1.82) is 0 Å². The normalized spacial score (nSPS) is 12.1. The van der Waals surface area contributed by atoms with Gasteiger partial charge < -0.3 is 4.57 Å². The van der Waals surface area contributed by atoms with Gasteiger partial charge in [0.25, 0.3) is 0 Å². The van der Waals surface area contributed by atoms with Crippen LogP contribution in [0.15, 0.2) is 182 Å². The molecule has 0 unspecified atom stereocenters. The van der Waals surface area contributed by atoms with E-state index < -0.39 is 0 Å². The van der Waals surface area contributed by atoms with Crippen molar-refractivity contribution in [2.24, 2.45) is 0 Å². The van der Waals surface area contributed by atoms with Crippen molar-refractivity contribution in [2.45, 2.75) is 6.42 Å². The van der Waals surface area contributed by atoms with Crippen molar-refractivity contribution in [1.82, 2.24) is 19.5 Å². The zero-order valence-electron chi connectivity index (χ0n) is 30.7. The Morgan fingerprint density at radius 1 is 0.368 bits per heavy atom. The third-order valence-electron chi connectivity index (χ3n) is 11.5. The number of hydrogen-bond acceptors (Lipinski definition) is 4. The van der Waals surface area contributed by atoms with E-state index >= 15 is 0 Å². The molecule has 0 saturated carbocycles. The molecule has 4 nitrogen and oxygen atoms in total. The monoisotopic (exact) mass is 744 g/mol. The minimum Gasteiger partial charge on any atom is -0.309 e. The van der Waals surface area contributed by atoms with Crippen molar-refractivity contribution in [3.05, 3.63) is 193 Å². The summed E-state index contributed by atoms with van der Waals surface area (Å²) >= 11 is 1.86. The molecule has 0 radical (unpaired) electrons. The molecule has 0 spiro atoms. The summed E-state index contributed by atoms with van der Waals surface area (Å²) in [6.45, 7) is 0. The molecular formula is C52H32N4S. The quantitative estimate of drug-likeness (QED) is 0.176. The van der Waals surface area contributed by atoms with Crippen LogP contribution in [0.3, 0.4) is 0 Å². The summed E-state index contributed by atoms with van der Waals surface area (Å²) in [6, 6.07) is 65.3. The molecule has 1 aliphatic carbocycles. The molecule has 266 valence electrons. The number of benzene rings is 8. The van der Waals surface area contributed by atoms with Crippen molar-refractivity contribution >= 4 is 53.3 Å². The Morgan fingerprint density at radius 2 is 0.912 bits per heavy atom. The van der Waals surface area contributed by atoms with Gasteiger partial charge in [-0.3, -0.25) is 0 Å². The van der Waals surface area contributed by atoms with E-state index in [1.807, 2.05) is 47.7 Å². The third kappa shape index (κ3) is 5.24. The van der Waals surface area contributed by atoms with Gasteiger partial charge in [-0.25, -0.2) is 15.0 Å². The summed E-state index contributed by atoms with van der Waals surface area (Å²) < 4.78 is 5.08. The van der Waals surface area contributed by atoms with Crippen LogP contribution < -0.4 is 0 Å². The average Bonchev–Trinajstić information content (AvgIpc) is 3.95. The molecule has 3 heterocycles. The Bertz CT molecular complexity index is 3320. The summed E-state index contributed by atoms with van der Waals surface area (Å²) in [6.07, 6.45) is 0.896. The summed E-state index contributed by atoms with van der Waals surface area (Å²) in [5, 5.41) is 5.14. The van der Waals surface area contributed by atoms with Crippen LogP contribution in [0.25, 0.3) is 104 Å². The Hall–Kier alpha value is -7.21. The fraction of sp³-hybridized carbons (Fsp3) is 0.0192. The van der Waals surface area contributed by atoms with Gasteiger partial charge in [-0.1, -0.05) is 127 Å². The first kappa shape index (κ1) is 32.1. The Morgan fingerprint density at radius 3 is 1.67 bits per heavy atom. The molecule has 3 aromatic heterocycles. The molecule has 0 N–H and O–H groups in total. The lowest BCUT2D eigenvalue weighted by molar-refractivity contribution is 1.07. The van der Waals surface area contributed by atoms with Crippen molar-refractivity contribution in [2.75, 3.05) is 0 Å². The predicted molar refractivity (Wildman–Crippen MR) is 237 cm³/mol. The number of nitrogens with zero attached hydrogens (tertiary/aromatic N) is 4. The molecule has 0 atom stereocenters. The fourth-order valence-electron chi connectivity index (χ4n) is 8.71. The van der Waals surface area contributed by atoms with Crippen LogP contribution in [-0.4, -0.2) is 19.5 Å². The van der Waals surface area contributed by atoms with Crippen LogP contribution in [0.5, 0.6) is 0 Å². The second-order valence-corrected chi connectivity index (χ2v) is 15.9. The summed E-state index contributed by atoms with van der Waals surface area (Å²) in [4.78, 5) is 15.0. The number of hydrogen-bond donors (Lipinski definition) is 0. The maximum Gasteiger partial charge on any atom is 0.164 e. The van der Waals surface area contributed by atoms with Gasteiger partial charge in [0, 0.05) is 53.3 Å². The highest BCUT2D eigenvalue weighted by molar-refractivity contribution is 7.25. The van der Waals surface area contributed by atoms with Crippen LogP contribution in [0.4, 0.5) is 0 Å². The summed E-state index contributed by atoms with van der Waals surface area (Å²) in [5.74, 6) is 2.00. The van der Waals surface area contributed by atoms with Crippen LogP contribution >= 0.6 is 11.3 Å². The minimum atomic E-state index is 0.665. The molecule has 0 saturated heterocycles. The Labute approximate surface area is 333 Å². The first-order valence-corrected chi connectivity index (χ1v) is 20.1.